The van der Waals surface area contributed by atoms with Gasteiger partial charge in [-0.05, 0) is 62.5 Å². The number of aromatic nitrogens is 1. The molecule has 1 saturated heterocycles. The molecule has 1 N–H and O–H groups in total. The van der Waals surface area contributed by atoms with Gasteiger partial charge in [0.25, 0.3) is 5.91 Å². The fourth-order valence-electron chi connectivity index (χ4n) is 3.68. The first kappa shape index (κ1) is 16.0. The number of hydrogen-bond acceptors (Lipinski definition) is 3. The number of carboxylic acid groups (broad SMARTS) is 1. The molecular weight excluding hydrogens is 292 g/mol. The first-order valence-electron chi connectivity index (χ1n) is 8.63. The van der Waals surface area contributed by atoms with Crippen LogP contribution in [0.2, 0.25) is 0 Å². The molecule has 1 aliphatic heterocycles. The van der Waals surface area contributed by atoms with Crippen LogP contribution in [0.4, 0.5) is 0 Å². The first-order chi connectivity index (χ1) is 11.1. The third-order valence-corrected chi connectivity index (χ3v) is 4.97. The third-order valence-electron chi connectivity index (χ3n) is 4.97. The van der Waals surface area contributed by atoms with Crippen LogP contribution in [-0.2, 0) is 17.6 Å². The Hall–Kier alpha value is -1.91. The summed E-state index contributed by atoms with van der Waals surface area (Å²) in [5, 5.41) is 8.82. The molecule has 0 spiro atoms. The lowest BCUT2D eigenvalue weighted by atomic mass is 9.93. The lowest BCUT2D eigenvalue weighted by Gasteiger charge is -2.32. The number of nitrogens with zero attached hydrogens (tertiary/aromatic N) is 2. The maximum atomic E-state index is 12.7. The topological polar surface area (TPSA) is 70.5 Å². The first-order valence-corrected chi connectivity index (χ1v) is 8.63. The molecule has 5 heteroatoms. The van der Waals surface area contributed by atoms with Gasteiger partial charge in [-0.25, -0.2) is 4.98 Å². The summed E-state index contributed by atoms with van der Waals surface area (Å²) in [5.74, 6) is -0.468. The number of carboxylic acids is 1. The van der Waals surface area contributed by atoms with E-state index in [2.05, 4.69) is 11.1 Å². The number of aryl methyl sites for hydroxylation is 2. The Morgan fingerprint density at radius 2 is 2.04 bits per heavy atom. The van der Waals surface area contributed by atoms with Crippen molar-refractivity contribution in [2.45, 2.75) is 51.4 Å². The van der Waals surface area contributed by atoms with Gasteiger partial charge in [0.1, 0.15) is 5.69 Å². The van der Waals surface area contributed by atoms with Crippen molar-refractivity contribution < 1.29 is 14.7 Å². The predicted octanol–water partition coefficient (Wildman–Crippen LogP) is 2.68. The van der Waals surface area contributed by atoms with E-state index in [0.29, 0.717) is 24.6 Å². The lowest BCUT2D eigenvalue weighted by molar-refractivity contribution is -0.137. The molecule has 5 nitrogen and oxygen atoms in total. The normalized spacial score (nSPS) is 20.9. The predicted molar refractivity (Wildman–Crippen MR) is 86.4 cm³/mol. The molecule has 124 valence electrons. The number of likely N-dealkylation sites (tertiary alicyclic amines) is 1. The Kier molecular flexibility index (Phi) is 4.94. The molecule has 0 aromatic carbocycles. The zero-order chi connectivity index (χ0) is 16.2. The second-order valence-corrected chi connectivity index (χ2v) is 6.70. The van der Waals surface area contributed by atoms with Crippen LogP contribution in [0.5, 0.6) is 0 Å². The van der Waals surface area contributed by atoms with Crippen LogP contribution < -0.4 is 0 Å². The molecule has 0 bridgehead atoms. The molecule has 3 rings (SSSR count). The summed E-state index contributed by atoms with van der Waals surface area (Å²) in [6.45, 7) is 1.41. The molecule has 2 heterocycles. The number of aliphatic carboxylic acids is 1. The van der Waals surface area contributed by atoms with Crippen LogP contribution in [0.25, 0.3) is 0 Å². The SMILES string of the molecule is O=C(O)CCC1CCCN(C(=O)c2ccc3c(n2)CCCC3)C1. The second-order valence-electron chi connectivity index (χ2n) is 6.70. The summed E-state index contributed by atoms with van der Waals surface area (Å²) in [6, 6.07) is 3.91. The highest BCUT2D eigenvalue weighted by atomic mass is 16.4. The Labute approximate surface area is 136 Å². The van der Waals surface area contributed by atoms with E-state index in [4.69, 9.17) is 5.11 Å². The van der Waals surface area contributed by atoms with Crippen molar-refractivity contribution in [2.75, 3.05) is 13.1 Å². The third kappa shape index (κ3) is 3.89. The summed E-state index contributed by atoms with van der Waals surface area (Å²) < 4.78 is 0. The number of carbonyl (C=O) groups is 2. The number of rotatable bonds is 4. The number of amides is 1. The molecule has 2 aliphatic rings. The highest BCUT2D eigenvalue weighted by Gasteiger charge is 2.26. The van der Waals surface area contributed by atoms with Crippen molar-refractivity contribution in [3.63, 3.8) is 0 Å². The molecule has 1 aliphatic carbocycles. The fraction of sp³-hybridized carbons (Fsp3) is 0.611. The Morgan fingerprint density at radius 1 is 1.22 bits per heavy atom. The molecule has 1 aromatic heterocycles. The van der Waals surface area contributed by atoms with E-state index in [9.17, 15) is 9.59 Å². The van der Waals surface area contributed by atoms with Crippen LogP contribution in [0.15, 0.2) is 12.1 Å². The average Bonchev–Trinajstić information content (AvgIpc) is 2.59. The van der Waals surface area contributed by atoms with Crippen molar-refractivity contribution in [3.8, 4) is 0 Å². The van der Waals surface area contributed by atoms with Gasteiger partial charge in [-0.15, -0.1) is 0 Å². The molecule has 1 atom stereocenters. The van der Waals surface area contributed by atoms with Gasteiger partial charge >= 0.3 is 5.97 Å². The molecule has 0 saturated carbocycles. The zero-order valence-electron chi connectivity index (χ0n) is 13.5. The second kappa shape index (κ2) is 7.11. The summed E-state index contributed by atoms with van der Waals surface area (Å²) >= 11 is 0. The van der Waals surface area contributed by atoms with Crippen LogP contribution >= 0.6 is 0 Å². The maximum Gasteiger partial charge on any atom is 0.303 e. The van der Waals surface area contributed by atoms with Crippen molar-refractivity contribution in [1.29, 1.82) is 0 Å². The largest absolute Gasteiger partial charge is 0.481 e. The Bertz CT molecular complexity index is 600. The number of fused-ring (bicyclic) bond motifs is 1. The van der Waals surface area contributed by atoms with Gasteiger partial charge in [-0.1, -0.05) is 6.07 Å². The van der Waals surface area contributed by atoms with Crippen LogP contribution in [-0.4, -0.2) is 40.0 Å². The van der Waals surface area contributed by atoms with E-state index in [1.54, 1.807) is 0 Å². The molecule has 1 aromatic rings. The van der Waals surface area contributed by atoms with E-state index >= 15 is 0 Å². The minimum atomic E-state index is -0.759. The van der Waals surface area contributed by atoms with E-state index in [1.165, 1.54) is 12.0 Å². The zero-order valence-corrected chi connectivity index (χ0v) is 13.5. The highest BCUT2D eigenvalue weighted by Crippen LogP contribution is 2.24. The smallest absolute Gasteiger partial charge is 0.303 e. The minimum Gasteiger partial charge on any atom is -0.481 e. The number of carbonyl (C=O) groups excluding carboxylic acids is 1. The standard InChI is InChI=1S/C18H24N2O3/c21-17(22)10-7-13-4-3-11-20(12-13)18(23)16-9-8-14-5-1-2-6-15(14)19-16/h8-9,13H,1-7,10-12H2,(H,21,22). The van der Waals surface area contributed by atoms with Crippen molar-refractivity contribution >= 4 is 11.9 Å². The van der Waals surface area contributed by atoms with Gasteiger partial charge in [0.15, 0.2) is 0 Å². The lowest BCUT2D eigenvalue weighted by Crippen LogP contribution is -2.40. The van der Waals surface area contributed by atoms with Gasteiger partial charge in [0.05, 0.1) is 0 Å². The van der Waals surface area contributed by atoms with Gasteiger partial charge in [-0.2, -0.15) is 0 Å². The fourth-order valence-corrected chi connectivity index (χ4v) is 3.68. The van der Waals surface area contributed by atoms with Crippen molar-refractivity contribution in [2.24, 2.45) is 5.92 Å². The number of piperidine rings is 1. The van der Waals surface area contributed by atoms with E-state index < -0.39 is 5.97 Å². The van der Waals surface area contributed by atoms with Crippen LogP contribution in [0.3, 0.4) is 0 Å². The van der Waals surface area contributed by atoms with E-state index in [1.807, 2.05) is 11.0 Å². The summed E-state index contributed by atoms with van der Waals surface area (Å²) in [7, 11) is 0. The van der Waals surface area contributed by atoms with Crippen LogP contribution in [0, 0.1) is 5.92 Å². The van der Waals surface area contributed by atoms with Crippen molar-refractivity contribution in [1.82, 2.24) is 9.88 Å². The highest BCUT2D eigenvalue weighted by molar-refractivity contribution is 5.92. The van der Waals surface area contributed by atoms with E-state index in [0.717, 1.165) is 44.3 Å². The van der Waals surface area contributed by atoms with Crippen molar-refractivity contribution in [3.05, 3.63) is 29.1 Å². The van der Waals surface area contributed by atoms with Gasteiger partial charge in [0, 0.05) is 25.2 Å². The van der Waals surface area contributed by atoms with E-state index in [-0.39, 0.29) is 12.3 Å². The molecule has 0 radical (unpaired) electrons. The molecule has 23 heavy (non-hydrogen) atoms. The Morgan fingerprint density at radius 3 is 2.87 bits per heavy atom. The Balaban J connectivity index is 1.66. The summed E-state index contributed by atoms with van der Waals surface area (Å²) in [5.41, 5.74) is 2.91. The molecule has 1 unspecified atom stereocenters. The molecular formula is C18H24N2O3. The number of pyridine rings is 1. The summed E-state index contributed by atoms with van der Waals surface area (Å²) in [4.78, 5) is 29.9. The average molecular weight is 316 g/mol. The maximum absolute atomic E-state index is 12.7. The van der Waals surface area contributed by atoms with Gasteiger partial charge < -0.3 is 10.0 Å². The van der Waals surface area contributed by atoms with Gasteiger partial charge in [0.2, 0.25) is 0 Å². The molecule has 1 fully saturated rings. The number of hydrogen-bond donors (Lipinski definition) is 1. The van der Waals surface area contributed by atoms with Crippen LogP contribution in [0.1, 0.15) is 60.3 Å². The quantitative estimate of drug-likeness (QED) is 0.927. The summed E-state index contributed by atoms with van der Waals surface area (Å²) in [6.07, 6.45) is 7.18. The minimum absolute atomic E-state index is 0.00148. The van der Waals surface area contributed by atoms with Gasteiger partial charge in [-0.3, -0.25) is 9.59 Å². The molecule has 1 amide bonds. The monoisotopic (exact) mass is 316 g/mol.